The highest BCUT2D eigenvalue weighted by molar-refractivity contribution is 6.05. The van der Waals surface area contributed by atoms with Gasteiger partial charge in [-0.1, -0.05) is 54.6 Å². The van der Waals surface area contributed by atoms with Gasteiger partial charge in [-0.2, -0.15) is 0 Å². The number of likely N-dealkylation sites (tertiary alicyclic amines) is 1. The van der Waals surface area contributed by atoms with Crippen LogP contribution in [0.15, 0.2) is 73.8 Å². The second-order valence-electron chi connectivity index (χ2n) is 12.7. The number of hydrogen-bond acceptors (Lipinski definition) is 7. The molecule has 3 fully saturated rings. The molecule has 3 aliphatic heterocycles. The number of esters is 1. The lowest BCUT2D eigenvalue weighted by Crippen LogP contribution is -2.56. The molecule has 0 aromatic heterocycles. The van der Waals surface area contributed by atoms with E-state index < -0.39 is 47.5 Å². The number of anilines is 1. The van der Waals surface area contributed by atoms with Gasteiger partial charge in [0.2, 0.25) is 11.8 Å². The highest BCUT2D eigenvalue weighted by atomic mass is 16.5. The summed E-state index contributed by atoms with van der Waals surface area (Å²) in [7, 11) is 0. The predicted molar refractivity (Wildman–Crippen MR) is 177 cm³/mol. The lowest BCUT2D eigenvalue weighted by Gasteiger charge is -2.37. The number of amides is 3. The van der Waals surface area contributed by atoms with Crippen molar-refractivity contribution in [2.75, 3.05) is 31.2 Å². The van der Waals surface area contributed by atoms with Crippen LogP contribution in [0.4, 0.5) is 5.69 Å². The fourth-order valence-electron chi connectivity index (χ4n) is 7.45. The van der Waals surface area contributed by atoms with Gasteiger partial charge in [0.1, 0.15) is 18.2 Å². The maximum atomic E-state index is 14.7. The first kappa shape index (κ1) is 34.1. The summed E-state index contributed by atoms with van der Waals surface area (Å²) in [4.78, 5) is 58.7. The molecule has 5 rings (SSSR count). The molecule has 250 valence electrons. The normalized spacial score (nSPS) is 24.8. The monoisotopic (exact) mass is 643 g/mol. The number of carbonyl (C=O) groups excluding carboxylic acids is 4. The van der Waals surface area contributed by atoms with Crippen LogP contribution in [0.3, 0.4) is 0 Å². The quantitative estimate of drug-likeness (QED) is 0.223. The molecule has 0 aliphatic carbocycles. The molecule has 2 aromatic carbocycles. The van der Waals surface area contributed by atoms with Crippen molar-refractivity contribution in [2.24, 2.45) is 11.8 Å². The number of aliphatic hydroxyl groups excluding tert-OH is 1. The van der Waals surface area contributed by atoms with Crippen LogP contribution < -0.4 is 10.2 Å². The van der Waals surface area contributed by atoms with E-state index in [0.29, 0.717) is 19.3 Å². The molecule has 2 bridgehead atoms. The summed E-state index contributed by atoms with van der Waals surface area (Å²) in [5.41, 5.74) is 2.15. The molecule has 3 aliphatic rings. The Hall–Kier alpha value is -4.28. The first-order valence-electron chi connectivity index (χ1n) is 16.4. The fourth-order valence-corrected chi connectivity index (χ4v) is 7.45. The molecule has 3 heterocycles. The Morgan fingerprint density at radius 1 is 1.17 bits per heavy atom. The second kappa shape index (κ2) is 14.6. The number of fused-ring (bicyclic) bond motifs is 1. The highest BCUT2D eigenvalue weighted by Crippen LogP contribution is 2.58. The molecule has 1 spiro atoms. The number of allylic oxidation sites excluding steroid dienone is 1. The number of nitrogens with zero attached hydrogens (tertiary/aromatic N) is 2. The summed E-state index contributed by atoms with van der Waals surface area (Å²) >= 11 is 0. The number of aliphatic hydroxyl groups is 1. The van der Waals surface area contributed by atoms with Crippen molar-refractivity contribution in [3.63, 3.8) is 0 Å². The van der Waals surface area contributed by atoms with Gasteiger partial charge in [-0.05, 0) is 62.3 Å². The Morgan fingerprint density at radius 2 is 1.94 bits per heavy atom. The molecule has 10 nitrogen and oxygen atoms in total. The van der Waals surface area contributed by atoms with Crippen molar-refractivity contribution in [1.82, 2.24) is 10.2 Å². The average Bonchev–Trinajstić information content (AvgIpc) is 3.72. The van der Waals surface area contributed by atoms with Gasteiger partial charge in [-0.3, -0.25) is 19.2 Å². The van der Waals surface area contributed by atoms with E-state index in [-0.39, 0.29) is 51.0 Å². The molecular weight excluding hydrogens is 598 g/mol. The summed E-state index contributed by atoms with van der Waals surface area (Å²) in [6.45, 7) is 11.5. The smallest absolute Gasteiger partial charge is 0.306 e. The molecule has 47 heavy (non-hydrogen) atoms. The first-order chi connectivity index (χ1) is 22.7. The fraction of sp³-hybridized carbons (Fsp3) is 0.459. The molecule has 10 heteroatoms. The number of rotatable bonds is 15. The van der Waals surface area contributed by atoms with Crippen LogP contribution in [0.1, 0.15) is 54.8 Å². The molecule has 0 unspecified atom stereocenters. The number of hydrogen-bond donors (Lipinski definition) is 2. The summed E-state index contributed by atoms with van der Waals surface area (Å²) in [6, 6.07) is 13.5. The number of nitrogens with one attached hydrogen (secondary N) is 1. The SMILES string of the molecule is C=CCCC(=O)OC[C@@H](NC(=O)[C@@H]1[C@@H]2CC[C@]3(O2)[C@H](C(=O)N(CC=C)c2cc(C)ccc2C)N(CCCO)C(=O)[C@@H]13)c1ccccc1. The van der Waals surface area contributed by atoms with Crippen molar-refractivity contribution in [1.29, 1.82) is 0 Å². The van der Waals surface area contributed by atoms with Crippen LogP contribution >= 0.6 is 0 Å². The second-order valence-corrected chi connectivity index (χ2v) is 12.7. The van der Waals surface area contributed by atoms with Gasteiger partial charge in [-0.25, -0.2) is 0 Å². The van der Waals surface area contributed by atoms with E-state index in [4.69, 9.17) is 9.47 Å². The average molecular weight is 644 g/mol. The highest BCUT2D eigenvalue weighted by Gasteiger charge is 2.74. The molecule has 2 N–H and O–H groups in total. The van der Waals surface area contributed by atoms with Crippen LogP contribution in [-0.2, 0) is 28.7 Å². The zero-order chi connectivity index (χ0) is 33.7. The largest absolute Gasteiger partial charge is 0.463 e. The number of ether oxygens (including phenoxy) is 2. The van der Waals surface area contributed by atoms with E-state index >= 15 is 0 Å². The third-order valence-electron chi connectivity index (χ3n) is 9.61. The Morgan fingerprint density at radius 3 is 2.64 bits per heavy atom. The number of carbonyl (C=O) groups is 4. The maximum Gasteiger partial charge on any atom is 0.306 e. The maximum absolute atomic E-state index is 14.7. The third-order valence-corrected chi connectivity index (χ3v) is 9.61. The van der Waals surface area contributed by atoms with E-state index in [0.717, 1.165) is 22.4 Å². The first-order valence-corrected chi connectivity index (χ1v) is 16.4. The van der Waals surface area contributed by atoms with E-state index in [2.05, 4.69) is 18.5 Å². The summed E-state index contributed by atoms with van der Waals surface area (Å²) < 4.78 is 12.1. The van der Waals surface area contributed by atoms with Gasteiger partial charge in [0.15, 0.2) is 0 Å². The number of benzene rings is 2. The molecule has 3 saturated heterocycles. The van der Waals surface area contributed by atoms with Gasteiger partial charge in [0, 0.05) is 31.8 Å². The van der Waals surface area contributed by atoms with Crippen molar-refractivity contribution < 1.29 is 33.8 Å². The van der Waals surface area contributed by atoms with Crippen molar-refractivity contribution in [3.05, 3.63) is 90.5 Å². The zero-order valence-corrected chi connectivity index (χ0v) is 27.2. The standard InChI is InChI=1S/C37H45N3O7/c1-5-7-14-30(42)46-23-27(26-12-9-8-10-13-26)38-34(43)31-29-17-18-37(47-29)32(31)35(44)40(20-11-21-41)33(37)36(45)39(19-6-2)28-22-24(3)15-16-25(28)4/h5-6,8-10,12-13,15-16,22,27,29,31-33,41H,1-2,7,11,14,17-21,23H2,3-4H3,(H,38,43)/t27-,29+,31-,32-,33+,37-/m1/s1. The molecule has 6 atom stereocenters. The Labute approximate surface area is 276 Å². The van der Waals surface area contributed by atoms with Gasteiger partial charge in [0.25, 0.3) is 5.91 Å². The van der Waals surface area contributed by atoms with E-state index in [1.165, 1.54) is 4.90 Å². The van der Waals surface area contributed by atoms with Crippen molar-refractivity contribution in [2.45, 2.75) is 69.7 Å². The van der Waals surface area contributed by atoms with Crippen LogP contribution in [0.2, 0.25) is 0 Å². The lowest BCUT2D eigenvalue weighted by atomic mass is 9.70. The van der Waals surface area contributed by atoms with Crippen LogP contribution in [-0.4, -0.2) is 77.7 Å². The topological polar surface area (TPSA) is 125 Å². The molecule has 0 radical (unpaired) electrons. The van der Waals surface area contributed by atoms with Crippen LogP contribution in [0.25, 0.3) is 0 Å². The van der Waals surface area contributed by atoms with Gasteiger partial charge in [0.05, 0.1) is 24.0 Å². The van der Waals surface area contributed by atoms with Gasteiger partial charge in [-0.15, -0.1) is 13.2 Å². The minimum atomic E-state index is -1.20. The zero-order valence-electron chi connectivity index (χ0n) is 27.2. The Balaban J connectivity index is 1.46. The lowest BCUT2D eigenvalue weighted by molar-refractivity contribution is -0.146. The summed E-state index contributed by atoms with van der Waals surface area (Å²) in [5.74, 6) is -3.15. The number of aryl methyl sites for hydroxylation is 2. The molecule has 2 aromatic rings. The van der Waals surface area contributed by atoms with Crippen LogP contribution in [0.5, 0.6) is 0 Å². The predicted octanol–water partition coefficient (Wildman–Crippen LogP) is 3.95. The molecule has 3 amide bonds. The minimum absolute atomic E-state index is 0.0795. The van der Waals surface area contributed by atoms with E-state index in [9.17, 15) is 24.3 Å². The van der Waals surface area contributed by atoms with E-state index in [1.54, 1.807) is 17.1 Å². The Kier molecular flexibility index (Phi) is 10.6. The molecular formula is C37H45N3O7. The van der Waals surface area contributed by atoms with E-state index in [1.807, 2.05) is 62.4 Å². The summed E-state index contributed by atoms with van der Waals surface area (Å²) in [6.07, 6.45) is 4.63. The van der Waals surface area contributed by atoms with Gasteiger partial charge < -0.3 is 29.7 Å². The van der Waals surface area contributed by atoms with Crippen molar-refractivity contribution in [3.8, 4) is 0 Å². The minimum Gasteiger partial charge on any atom is -0.463 e. The van der Waals surface area contributed by atoms with Gasteiger partial charge >= 0.3 is 5.97 Å². The summed E-state index contributed by atoms with van der Waals surface area (Å²) in [5, 5.41) is 12.8. The van der Waals surface area contributed by atoms with Crippen molar-refractivity contribution >= 4 is 29.4 Å². The van der Waals surface area contributed by atoms with Crippen LogP contribution in [0, 0.1) is 25.7 Å². The Bertz CT molecular complexity index is 1510. The molecule has 0 saturated carbocycles. The third kappa shape index (κ3) is 6.62.